The normalized spacial score (nSPS) is 18.3. The van der Waals surface area contributed by atoms with Crippen LogP contribution in [0.5, 0.6) is 0 Å². The largest absolute Gasteiger partial charge is 0.480 e. The Kier molecular flexibility index (Phi) is 6.33. The molecule has 1 aliphatic heterocycles. The molecule has 0 radical (unpaired) electrons. The summed E-state index contributed by atoms with van der Waals surface area (Å²) in [6.07, 6.45) is 0.0387. The van der Waals surface area contributed by atoms with Gasteiger partial charge in [-0.1, -0.05) is 11.6 Å². The fourth-order valence-electron chi connectivity index (χ4n) is 2.57. The van der Waals surface area contributed by atoms with Crippen LogP contribution >= 0.6 is 11.6 Å². The summed E-state index contributed by atoms with van der Waals surface area (Å²) < 4.78 is 18.4. The Bertz CT molecular complexity index is 684. The third kappa shape index (κ3) is 4.67. The van der Waals surface area contributed by atoms with Crippen molar-refractivity contribution < 1.29 is 28.6 Å². The van der Waals surface area contributed by atoms with Gasteiger partial charge in [0, 0.05) is 38.8 Å². The van der Waals surface area contributed by atoms with E-state index in [9.17, 15) is 18.8 Å². The van der Waals surface area contributed by atoms with Crippen molar-refractivity contribution in [1.82, 2.24) is 5.32 Å². The lowest BCUT2D eigenvalue weighted by molar-refractivity contribution is -0.142. The maximum Gasteiger partial charge on any atom is 0.326 e. The molecule has 0 saturated carbocycles. The second-order valence-electron chi connectivity index (χ2n) is 5.68. The number of hydrogen-bond donors (Lipinski definition) is 2. The van der Waals surface area contributed by atoms with Crippen LogP contribution in [0, 0.1) is 11.7 Å². The number of carbonyl (C=O) groups is 3. The van der Waals surface area contributed by atoms with Crippen molar-refractivity contribution in [1.29, 1.82) is 0 Å². The van der Waals surface area contributed by atoms with Crippen LogP contribution < -0.4 is 10.2 Å². The van der Waals surface area contributed by atoms with Gasteiger partial charge < -0.3 is 20.1 Å². The van der Waals surface area contributed by atoms with Gasteiger partial charge in [0.15, 0.2) is 0 Å². The van der Waals surface area contributed by atoms with Crippen molar-refractivity contribution in [2.24, 2.45) is 5.92 Å². The molecule has 25 heavy (non-hydrogen) atoms. The molecule has 0 spiro atoms. The van der Waals surface area contributed by atoms with Crippen LogP contribution in [0.4, 0.5) is 10.1 Å². The smallest absolute Gasteiger partial charge is 0.326 e. The van der Waals surface area contributed by atoms with Crippen molar-refractivity contribution in [3.63, 3.8) is 0 Å². The molecule has 2 rings (SSSR count). The number of nitrogens with zero attached hydrogens (tertiary/aromatic N) is 1. The van der Waals surface area contributed by atoms with Gasteiger partial charge in [0.25, 0.3) is 0 Å². The molecule has 0 bridgehead atoms. The molecule has 2 unspecified atom stereocenters. The highest BCUT2D eigenvalue weighted by Gasteiger charge is 2.36. The zero-order chi connectivity index (χ0) is 18.6. The topological polar surface area (TPSA) is 95.9 Å². The van der Waals surface area contributed by atoms with Crippen LogP contribution in [-0.4, -0.2) is 49.2 Å². The fourth-order valence-corrected chi connectivity index (χ4v) is 2.69. The number of carboxylic acids is 1. The summed E-state index contributed by atoms with van der Waals surface area (Å²) in [5.41, 5.74) is 0.302. The lowest BCUT2D eigenvalue weighted by Gasteiger charge is -2.18. The number of halogens is 2. The van der Waals surface area contributed by atoms with Gasteiger partial charge in [-0.05, 0) is 18.2 Å². The molecule has 0 aliphatic carbocycles. The van der Waals surface area contributed by atoms with Crippen LogP contribution in [0.1, 0.15) is 12.8 Å². The number of anilines is 1. The number of amides is 2. The maximum atomic E-state index is 13.6. The number of benzene rings is 1. The number of carboxylic acid groups (broad SMARTS) is 1. The number of aliphatic carboxylic acids is 1. The van der Waals surface area contributed by atoms with Crippen molar-refractivity contribution in [3.8, 4) is 0 Å². The second-order valence-corrected chi connectivity index (χ2v) is 6.09. The maximum absolute atomic E-state index is 13.6. The highest BCUT2D eigenvalue weighted by Crippen LogP contribution is 2.28. The van der Waals surface area contributed by atoms with E-state index >= 15 is 0 Å². The van der Waals surface area contributed by atoms with Crippen LogP contribution in [0.15, 0.2) is 18.2 Å². The van der Waals surface area contributed by atoms with Gasteiger partial charge in [-0.15, -0.1) is 0 Å². The van der Waals surface area contributed by atoms with Crippen LogP contribution in [0.3, 0.4) is 0 Å². The first kappa shape index (κ1) is 19.1. The van der Waals surface area contributed by atoms with Gasteiger partial charge in [-0.3, -0.25) is 9.59 Å². The molecule has 1 aromatic carbocycles. The fraction of sp³-hybridized carbons (Fsp3) is 0.438. The molecule has 7 nitrogen and oxygen atoms in total. The number of rotatable bonds is 7. The van der Waals surface area contributed by atoms with Gasteiger partial charge in [-0.2, -0.15) is 0 Å². The Balaban J connectivity index is 2.04. The minimum Gasteiger partial charge on any atom is -0.480 e. The highest BCUT2D eigenvalue weighted by atomic mass is 35.5. The Morgan fingerprint density at radius 2 is 2.24 bits per heavy atom. The summed E-state index contributed by atoms with van der Waals surface area (Å²) in [5.74, 6) is -3.42. The molecule has 2 N–H and O–H groups in total. The lowest BCUT2D eigenvalue weighted by atomic mass is 10.1. The van der Waals surface area contributed by atoms with Gasteiger partial charge in [-0.25, -0.2) is 9.18 Å². The molecule has 1 aliphatic rings. The molecule has 9 heteroatoms. The molecule has 1 heterocycles. The number of ether oxygens (including phenoxy) is 1. The first-order valence-corrected chi connectivity index (χ1v) is 7.98. The van der Waals surface area contributed by atoms with Crippen LogP contribution in [0.25, 0.3) is 0 Å². The summed E-state index contributed by atoms with van der Waals surface area (Å²) in [4.78, 5) is 36.9. The van der Waals surface area contributed by atoms with Crippen molar-refractivity contribution >= 4 is 35.1 Å². The molecule has 1 aromatic rings. The van der Waals surface area contributed by atoms with Gasteiger partial charge in [0.1, 0.15) is 11.9 Å². The van der Waals surface area contributed by atoms with Crippen molar-refractivity contribution in [2.75, 3.05) is 25.2 Å². The van der Waals surface area contributed by atoms with Gasteiger partial charge >= 0.3 is 5.97 Å². The quantitative estimate of drug-likeness (QED) is 0.755. The van der Waals surface area contributed by atoms with E-state index in [0.29, 0.717) is 5.69 Å². The summed E-state index contributed by atoms with van der Waals surface area (Å²) in [6.45, 7) is 0.222. The molecule has 2 atom stereocenters. The van der Waals surface area contributed by atoms with E-state index in [2.05, 4.69) is 5.32 Å². The van der Waals surface area contributed by atoms with Crippen LogP contribution in [0.2, 0.25) is 5.02 Å². The first-order valence-electron chi connectivity index (χ1n) is 7.61. The minimum absolute atomic E-state index is 0.0440. The average molecular weight is 373 g/mol. The molecule has 136 valence electrons. The third-order valence-corrected chi connectivity index (χ3v) is 4.24. The SMILES string of the molecule is COCCC(NC(=O)C1CC(=O)N(c2ccc(Cl)c(F)c2)C1)C(=O)O. The molecular weight excluding hydrogens is 355 g/mol. The lowest BCUT2D eigenvalue weighted by Crippen LogP contribution is -2.44. The Hall–Kier alpha value is -2.19. The summed E-state index contributed by atoms with van der Waals surface area (Å²) >= 11 is 5.62. The first-order chi connectivity index (χ1) is 11.8. The predicted molar refractivity (Wildman–Crippen MR) is 87.9 cm³/mol. The summed E-state index contributed by atoms with van der Waals surface area (Å²) in [7, 11) is 1.43. The van der Waals surface area contributed by atoms with E-state index in [1.807, 2.05) is 0 Å². The molecule has 2 amide bonds. The zero-order valence-corrected chi connectivity index (χ0v) is 14.3. The number of nitrogens with one attached hydrogen (secondary N) is 1. The van der Waals surface area contributed by atoms with E-state index in [1.54, 1.807) is 0 Å². The number of carbonyl (C=O) groups excluding carboxylic acids is 2. The monoisotopic (exact) mass is 372 g/mol. The van der Waals surface area contributed by atoms with Crippen molar-refractivity contribution in [3.05, 3.63) is 29.0 Å². The van der Waals surface area contributed by atoms with Gasteiger partial charge in [0.05, 0.1) is 10.9 Å². The van der Waals surface area contributed by atoms with Crippen molar-refractivity contribution in [2.45, 2.75) is 18.9 Å². The zero-order valence-electron chi connectivity index (χ0n) is 13.5. The molecule has 1 saturated heterocycles. The standard InChI is InChI=1S/C16H18ClFN2O5/c1-25-5-4-13(16(23)24)19-15(22)9-6-14(21)20(8-9)10-2-3-11(17)12(18)7-10/h2-3,7,9,13H,4-6,8H2,1H3,(H,19,22)(H,23,24). The molecule has 0 aromatic heterocycles. The van der Waals surface area contributed by atoms with Gasteiger partial charge in [0.2, 0.25) is 11.8 Å². The van der Waals surface area contributed by atoms with Crippen LogP contribution in [-0.2, 0) is 19.1 Å². The average Bonchev–Trinajstić information content (AvgIpc) is 2.95. The van der Waals surface area contributed by atoms with E-state index in [4.69, 9.17) is 21.4 Å². The molecule has 1 fully saturated rings. The second kappa shape index (κ2) is 8.26. The Morgan fingerprint density at radius 3 is 2.84 bits per heavy atom. The van der Waals surface area contributed by atoms with E-state index in [-0.39, 0.29) is 36.9 Å². The predicted octanol–water partition coefficient (Wildman–Crippen LogP) is 1.44. The van der Waals surface area contributed by atoms with E-state index in [1.165, 1.54) is 24.1 Å². The highest BCUT2D eigenvalue weighted by molar-refractivity contribution is 6.30. The number of hydrogen-bond acceptors (Lipinski definition) is 4. The number of methoxy groups -OCH3 is 1. The minimum atomic E-state index is -1.17. The Morgan fingerprint density at radius 1 is 1.52 bits per heavy atom. The van der Waals surface area contributed by atoms with E-state index in [0.717, 1.165) is 6.07 Å². The summed E-state index contributed by atoms with van der Waals surface area (Å²) in [6, 6.07) is 2.85. The third-order valence-electron chi connectivity index (χ3n) is 3.94. The molecular formula is C16H18ClFN2O5. The Labute approximate surface area is 148 Å². The summed E-state index contributed by atoms with van der Waals surface area (Å²) in [5, 5.41) is 11.5. The van der Waals surface area contributed by atoms with E-state index < -0.39 is 29.7 Å².